The molecule has 0 unspecified atom stereocenters. The summed E-state index contributed by atoms with van der Waals surface area (Å²) >= 11 is 3.41. The average Bonchev–Trinajstić information content (AvgIpc) is 2.80. The molecular formula is C17H14BrNO3. The third kappa shape index (κ3) is 2.60. The monoisotopic (exact) mass is 359 g/mol. The number of carbonyl (C=O) groups is 1. The van der Waals surface area contributed by atoms with Crippen LogP contribution in [0.5, 0.6) is 11.5 Å². The van der Waals surface area contributed by atoms with Crippen molar-refractivity contribution < 1.29 is 14.6 Å². The molecule has 0 aromatic heterocycles. The highest BCUT2D eigenvalue weighted by Crippen LogP contribution is 2.37. The van der Waals surface area contributed by atoms with E-state index in [9.17, 15) is 9.90 Å². The zero-order valence-electron chi connectivity index (χ0n) is 11.9. The number of nitrogens with one attached hydrogen (secondary N) is 1. The first-order chi connectivity index (χ1) is 10.6. The lowest BCUT2D eigenvalue weighted by Gasteiger charge is -2.09. The number of phenols is 1. The van der Waals surface area contributed by atoms with Gasteiger partial charge in [-0.05, 0) is 36.8 Å². The Morgan fingerprint density at radius 2 is 2.09 bits per heavy atom. The zero-order chi connectivity index (χ0) is 15.7. The average molecular weight is 360 g/mol. The molecule has 2 aromatic rings. The number of amides is 1. The summed E-state index contributed by atoms with van der Waals surface area (Å²) in [6, 6.07) is 10.8. The molecule has 2 N–H and O–H groups in total. The minimum absolute atomic E-state index is 0.0622. The Labute approximate surface area is 136 Å². The smallest absolute Gasteiger partial charge is 0.256 e. The maximum absolute atomic E-state index is 12.1. The number of anilines is 1. The van der Waals surface area contributed by atoms with Crippen LogP contribution in [0.15, 0.2) is 40.9 Å². The maximum Gasteiger partial charge on any atom is 0.256 e. The van der Waals surface area contributed by atoms with E-state index in [0.29, 0.717) is 22.4 Å². The molecule has 4 nitrogen and oxygen atoms in total. The van der Waals surface area contributed by atoms with Crippen molar-refractivity contribution in [1.29, 1.82) is 0 Å². The lowest BCUT2D eigenvalue weighted by Crippen LogP contribution is -2.03. The molecule has 0 spiro atoms. The van der Waals surface area contributed by atoms with E-state index in [2.05, 4.69) is 21.2 Å². The van der Waals surface area contributed by atoms with Gasteiger partial charge in [-0.2, -0.15) is 0 Å². The summed E-state index contributed by atoms with van der Waals surface area (Å²) in [5.74, 6) is 0.315. The standard InChI is InChI=1S/C17H14BrNO3/c1-2-22-16-8-10(13(18)9-15(16)20)7-12-11-5-3-4-6-14(11)19-17(12)21/h3-9,20H,2H2,1H3,(H,19,21)/b12-7-. The van der Waals surface area contributed by atoms with Crippen LogP contribution in [0.1, 0.15) is 18.1 Å². The summed E-state index contributed by atoms with van der Waals surface area (Å²) < 4.78 is 6.09. The molecular weight excluding hydrogens is 346 g/mol. The highest BCUT2D eigenvalue weighted by molar-refractivity contribution is 9.10. The Balaban J connectivity index is 2.09. The van der Waals surface area contributed by atoms with Gasteiger partial charge >= 0.3 is 0 Å². The fourth-order valence-corrected chi connectivity index (χ4v) is 2.82. The van der Waals surface area contributed by atoms with E-state index < -0.39 is 0 Å². The SMILES string of the molecule is CCOc1cc(/C=C2\C(=O)Nc3ccccc32)c(Br)cc1O. The molecule has 1 aliphatic heterocycles. The highest BCUT2D eigenvalue weighted by atomic mass is 79.9. The fraction of sp³-hybridized carbons (Fsp3) is 0.118. The lowest BCUT2D eigenvalue weighted by atomic mass is 10.0. The van der Waals surface area contributed by atoms with Crippen molar-refractivity contribution in [2.45, 2.75) is 6.92 Å². The van der Waals surface area contributed by atoms with E-state index in [1.807, 2.05) is 31.2 Å². The van der Waals surface area contributed by atoms with Gasteiger partial charge in [0.1, 0.15) is 0 Å². The molecule has 0 atom stereocenters. The summed E-state index contributed by atoms with van der Waals surface area (Å²) in [5, 5.41) is 12.7. The summed E-state index contributed by atoms with van der Waals surface area (Å²) in [6.45, 7) is 2.30. The van der Waals surface area contributed by atoms with Gasteiger partial charge < -0.3 is 15.2 Å². The first kappa shape index (κ1) is 14.7. The van der Waals surface area contributed by atoms with Crippen molar-refractivity contribution in [2.75, 3.05) is 11.9 Å². The topological polar surface area (TPSA) is 58.6 Å². The van der Waals surface area contributed by atoms with Crippen LogP contribution in [0.2, 0.25) is 0 Å². The minimum atomic E-state index is -0.140. The van der Waals surface area contributed by atoms with E-state index >= 15 is 0 Å². The minimum Gasteiger partial charge on any atom is -0.504 e. The third-order valence-electron chi connectivity index (χ3n) is 3.39. The normalized spacial score (nSPS) is 14.8. The number of para-hydroxylation sites is 1. The molecule has 22 heavy (non-hydrogen) atoms. The predicted octanol–water partition coefficient (Wildman–Crippen LogP) is 4.05. The number of ether oxygens (including phenoxy) is 1. The molecule has 1 heterocycles. The molecule has 1 aliphatic rings. The highest BCUT2D eigenvalue weighted by Gasteiger charge is 2.23. The first-order valence-electron chi connectivity index (χ1n) is 6.88. The quantitative estimate of drug-likeness (QED) is 0.812. The number of hydrogen-bond acceptors (Lipinski definition) is 3. The van der Waals surface area contributed by atoms with Crippen molar-refractivity contribution in [1.82, 2.24) is 0 Å². The van der Waals surface area contributed by atoms with Crippen LogP contribution < -0.4 is 10.1 Å². The Morgan fingerprint density at radius 3 is 2.86 bits per heavy atom. The van der Waals surface area contributed by atoms with Crippen molar-refractivity contribution in [3.05, 3.63) is 52.0 Å². The van der Waals surface area contributed by atoms with E-state index in [4.69, 9.17) is 4.74 Å². The summed E-state index contributed by atoms with van der Waals surface area (Å²) in [7, 11) is 0. The Kier molecular flexibility index (Phi) is 3.90. The molecule has 112 valence electrons. The maximum atomic E-state index is 12.1. The van der Waals surface area contributed by atoms with Crippen molar-refractivity contribution in [3.63, 3.8) is 0 Å². The van der Waals surface area contributed by atoms with Gasteiger partial charge in [-0.1, -0.05) is 34.1 Å². The van der Waals surface area contributed by atoms with Gasteiger partial charge in [0, 0.05) is 21.3 Å². The molecule has 0 saturated heterocycles. The van der Waals surface area contributed by atoms with E-state index in [1.165, 1.54) is 0 Å². The van der Waals surface area contributed by atoms with Gasteiger partial charge in [-0.3, -0.25) is 4.79 Å². The summed E-state index contributed by atoms with van der Waals surface area (Å²) in [5.41, 5.74) is 3.02. The number of phenolic OH excluding ortho intramolecular Hbond substituents is 1. The second kappa shape index (κ2) is 5.85. The van der Waals surface area contributed by atoms with Crippen LogP contribution in [0.3, 0.4) is 0 Å². The summed E-state index contributed by atoms with van der Waals surface area (Å²) in [4.78, 5) is 12.1. The van der Waals surface area contributed by atoms with Gasteiger partial charge in [0.05, 0.1) is 6.61 Å². The van der Waals surface area contributed by atoms with Crippen LogP contribution in [0.25, 0.3) is 11.6 Å². The van der Waals surface area contributed by atoms with Crippen LogP contribution in [-0.2, 0) is 4.79 Å². The number of halogens is 1. The van der Waals surface area contributed by atoms with Crippen LogP contribution in [0, 0.1) is 0 Å². The number of rotatable bonds is 3. The number of fused-ring (bicyclic) bond motifs is 1. The first-order valence-corrected chi connectivity index (χ1v) is 7.67. The van der Waals surface area contributed by atoms with Crippen LogP contribution in [0.4, 0.5) is 5.69 Å². The van der Waals surface area contributed by atoms with Gasteiger partial charge in [0.2, 0.25) is 0 Å². The van der Waals surface area contributed by atoms with Gasteiger partial charge in [0.15, 0.2) is 11.5 Å². The van der Waals surface area contributed by atoms with Crippen molar-refractivity contribution >= 4 is 39.2 Å². The third-order valence-corrected chi connectivity index (χ3v) is 4.07. The van der Waals surface area contributed by atoms with Gasteiger partial charge in [0.25, 0.3) is 5.91 Å². The molecule has 0 aliphatic carbocycles. The Morgan fingerprint density at radius 1 is 1.32 bits per heavy atom. The molecule has 3 rings (SSSR count). The molecule has 0 bridgehead atoms. The number of hydrogen-bond donors (Lipinski definition) is 2. The lowest BCUT2D eigenvalue weighted by molar-refractivity contribution is -0.110. The van der Waals surface area contributed by atoms with E-state index in [-0.39, 0.29) is 11.7 Å². The second-order valence-corrected chi connectivity index (χ2v) is 5.69. The van der Waals surface area contributed by atoms with E-state index in [1.54, 1.807) is 18.2 Å². The van der Waals surface area contributed by atoms with Crippen molar-refractivity contribution in [2.24, 2.45) is 0 Å². The molecule has 5 heteroatoms. The second-order valence-electron chi connectivity index (χ2n) is 4.83. The molecule has 0 radical (unpaired) electrons. The fourth-order valence-electron chi connectivity index (χ4n) is 2.38. The molecule has 0 fully saturated rings. The molecule has 1 amide bonds. The molecule has 0 saturated carbocycles. The predicted molar refractivity (Wildman–Crippen MR) is 89.9 cm³/mol. The Bertz CT molecular complexity index is 783. The van der Waals surface area contributed by atoms with E-state index in [0.717, 1.165) is 16.8 Å². The van der Waals surface area contributed by atoms with Gasteiger partial charge in [-0.15, -0.1) is 0 Å². The summed E-state index contributed by atoms with van der Waals surface area (Å²) in [6.07, 6.45) is 1.78. The Hall–Kier alpha value is -2.27. The number of benzene rings is 2. The van der Waals surface area contributed by atoms with Crippen molar-refractivity contribution in [3.8, 4) is 11.5 Å². The molecule has 2 aromatic carbocycles. The zero-order valence-corrected chi connectivity index (χ0v) is 13.5. The van der Waals surface area contributed by atoms with Crippen LogP contribution >= 0.6 is 15.9 Å². The van der Waals surface area contributed by atoms with Crippen LogP contribution in [-0.4, -0.2) is 17.6 Å². The number of aromatic hydroxyl groups is 1. The number of carbonyl (C=O) groups excluding carboxylic acids is 1. The van der Waals surface area contributed by atoms with Gasteiger partial charge in [-0.25, -0.2) is 0 Å². The largest absolute Gasteiger partial charge is 0.504 e.